The lowest BCUT2D eigenvalue weighted by molar-refractivity contribution is 0.414. The van der Waals surface area contributed by atoms with Crippen LogP contribution in [0, 0.1) is 0 Å². The minimum absolute atomic E-state index is 0.397. The first-order valence-corrected chi connectivity index (χ1v) is 6.81. The minimum Gasteiger partial charge on any atom is -0.497 e. The lowest BCUT2D eigenvalue weighted by atomic mass is 10.2. The Kier molecular flexibility index (Phi) is 4.10. The Morgan fingerprint density at radius 3 is 2.63 bits per heavy atom. The monoisotopic (exact) mass is 261 g/mol. The number of aromatic nitrogens is 2. The number of pyridine rings is 1. The molecule has 2 heterocycles. The zero-order valence-corrected chi connectivity index (χ0v) is 12.4. The molecule has 0 spiro atoms. The Bertz CT molecular complexity index is 558. The molecule has 104 valence electrons. The van der Waals surface area contributed by atoms with E-state index in [-0.39, 0.29) is 0 Å². The molecule has 0 saturated carbocycles. The largest absolute Gasteiger partial charge is 0.497 e. The third-order valence-corrected chi connectivity index (χ3v) is 3.15. The molecule has 1 N–H and O–H groups in total. The van der Waals surface area contributed by atoms with E-state index in [1.54, 1.807) is 7.11 Å². The van der Waals surface area contributed by atoms with Gasteiger partial charge in [-0.15, -0.1) is 0 Å². The lowest BCUT2D eigenvalue weighted by Crippen LogP contribution is -2.22. The fourth-order valence-corrected chi connectivity index (χ4v) is 2.12. The van der Waals surface area contributed by atoms with Gasteiger partial charge in [-0.3, -0.25) is 0 Å². The van der Waals surface area contributed by atoms with Crippen LogP contribution in [0.5, 0.6) is 5.75 Å². The van der Waals surface area contributed by atoms with Crippen LogP contribution in [0.3, 0.4) is 0 Å². The Hall–Kier alpha value is -1.55. The second-order valence-corrected chi connectivity index (χ2v) is 5.43. The van der Waals surface area contributed by atoms with Gasteiger partial charge >= 0.3 is 0 Å². The first kappa shape index (κ1) is 13.9. The van der Waals surface area contributed by atoms with Crippen LogP contribution in [0.1, 0.15) is 45.1 Å². The Morgan fingerprint density at radius 1 is 1.32 bits per heavy atom. The summed E-state index contributed by atoms with van der Waals surface area (Å²) in [5.74, 6) is 2.36. The van der Waals surface area contributed by atoms with Gasteiger partial charge in [0.15, 0.2) is 0 Å². The van der Waals surface area contributed by atoms with Crippen LogP contribution in [0.15, 0.2) is 18.3 Å². The van der Waals surface area contributed by atoms with Crippen molar-refractivity contribution >= 4 is 5.52 Å². The van der Waals surface area contributed by atoms with Gasteiger partial charge in [-0.25, -0.2) is 4.98 Å². The molecule has 0 aliphatic heterocycles. The van der Waals surface area contributed by atoms with Crippen LogP contribution < -0.4 is 10.1 Å². The first-order valence-electron chi connectivity index (χ1n) is 6.81. The predicted molar refractivity (Wildman–Crippen MR) is 77.8 cm³/mol. The molecule has 0 atom stereocenters. The van der Waals surface area contributed by atoms with Crippen LogP contribution in [0.4, 0.5) is 0 Å². The van der Waals surface area contributed by atoms with E-state index in [1.165, 1.54) is 0 Å². The van der Waals surface area contributed by atoms with E-state index in [0.717, 1.165) is 29.3 Å². The number of nitrogens with zero attached hydrogens (tertiary/aromatic N) is 2. The molecule has 0 unspecified atom stereocenters. The van der Waals surface area contributed by atoms with Crippen molar-refractivity contribution in [2.45, 2.75) is 46.2 Å². The Morgan fingerprint density at radius 2 is 2.05 bits per heavy atom. The van der Waals surface area contributed by atoms with Crippen molar-refractivity contribution in [1.82, 2.24) is 14.7 Å². The maximum Gasteiger partial charge on any atom is 0.122 e. The summed E-state index contributed by atoms with van der Waals surface area (Å²) in [6, 6.07) is 4.47. The summed E-state index contributed by atoms with van der Waals surface area (Å²) in [5.41, 5.74) is 2.20. The number of nitrogens with one attached hydrogen (secondary N) is 1. The molecule has 0 aromatic carbocycles. The third kappa shape index (κ3) is 2.89. The molecular formula is C15H23N3O. The minimum atomic E-state index is 0.397. The topological polar surface area (TPSA) is 38.6 Å². The smallest absolute Gasteiger partial charge is 0.122 e. The van der Waals surface area contributed by atoms with Gasteiger partial charge in [0.1, 0.15) is 11.6 Å². The molecule has 0 bridgehead atoms. The maximum absolute atomic E-state index is 5.31. The molecule has 0 fully saturated rings. The number of fused-ring (bicyclic) bond motifs is 1. The molecule has 2 aromatic heterocycles. The molecule has 0 aliphatic rings. The zero-order valence-electron chi connectivity index (χ0n) is 12.4. The van der Waals surface area contributed by atoms with Crippen molar-refractivity contribution in [3.63, 3.8) is 0 Å². The summed E-state index contributed by atoms with van der Waals surface area (Å²) in [4.78, 5) is 4.78. The first-order chi connectivity index (χ1) is 9.02. The highest BCUT2D eigenvalue weighted by Gasteiger charge is 2.14. The lowest BCUT2D eigenvalue weighted by Gasteiger charge is -2.07. The van der Waals surface area contributed by atoms with Crippen LogP contribution >= 0.6 is 0 Å². The van der Waals surface area contributed by atoms with Gasteiger partial charge in [-0.2, -0.15) is 0 Å². The van der Waals surface area contributed by atoms with Crippen LogP contribution in [0.2, 0.25) is 0 Å². The van der Waals surface area contributed by atoms with Crippen molar-refractivity contribution in [2.75, 3.05) is 7.11 Å². The Balaban J connectivity index is 2.48. The summed E-state index contributed by atoms with van der Waals surface area (Å²) in [6.45, 7) is 9.39. The van der Waals surface area contributed by atoms with Gasteiger partial charge in [0, 0.05) is 30.8 Å². The highest BCUT2D eigenvalue weighted by molar-refractivity contribution is 5.57. The van der Waals surface area contributed by atoms with Gasteiger partial charge in [-0.1, -0.05) is 27.7 Å². The van der Waals surface area contributed by atoms with E-state index in [4.69, 9.17) is 9.72 Å². The van der Waals surface area contributed by atoms with Crippen molar-refractivity contribution in [1.29, 1.82) is 0 Å². The molecule has 4 nitrogen and oxygen atoms in total. The molecule has 0 saturated heterocycles. The molecule has 4 heteroatoms. The second kappa shape index (κ2) is 5.61. The number of hydrogen-bond donors (Lipinski definition) is 1. The molecule has 2 rings (SSSR count). The molecule has 19 heavy (non-hydrogen) atoms. The van der Waals surface area contributed by atoms with Gasteiger partial charge < -0.3 is 14.5 Å². The summed E-state index contributed by atoms with van der Waals surface area (Å²) in [6.07, 6.45) is 2.04. The van der Waals surface area contributed by atoms with E-state index in [0.29, 0.717) is 12.0 Å². The summed E-state index contributed by atoms with van der Waals surface area (Å²) < 4.78 is 7.47. The van der Waals surface area contributed by atoms with Gasteiger partial charge in [-0.05, 0) is 6.07 Å². The van der Waals surface area contributed by atoms with Crippen LogP contribution in [-0.2, 0) is 6.54 Å². The molecule has 2 aromatic rings. The van der Waals surface area contributed by atoms with E-state index in [1.807, 2.05) is 12.3 Å². The fourth-order valence-electron chi connectivity index (χ4n) is 2.12. The van der Waals surface area contributed by atoms with Crippen molar-refractivity contribution in [3.8, 4) is 5.75 Å². The van der Waals surface area contributed by atoms with E-state index >= 15 is 0 Å². The molecule has 0 radical (unpaired) electrons. The summed E-state index contributed by atoms with van der Waals surface area (Å²) in [5, 5.41) is 3.43. The van der Waals surface area contributed by atoms with Gasteiger partial charge in [0.05, 0.1) is 18.3 Å². The van der Waals surface area contributed by atoms with Crippen molar-refractivity contribution in [3.05, 3.63) is 29.8 Å². The normalized spacial score (nSPS) is 11.7. The number of imidazole rings is 1. The number of hydrogen-bond acceptors (Lipinski definition) is 3. The fraction of sp³-hybridized carbons (Fsp3) is 0.533. The third-order valence-electron chi connectivity index (χ3n) is 3.15. The average Bonchev–Trinajstić information content (AvgIpc) is 2.74. The van der Waals surface area contributed by atoms with E-state index in [2.05, 4.69) is 43.5 Å². The van der Waals surface area contributed by atoms with Crippen molar-refractivity contribution in [2.24, 2.45) is 0 Å². The SMILES string of the molecule is COc1ccn2c(C(C)C)nc(CNC(C)C)c2c1. The predicted octanol–water partition coefficient (Wildman–Crippen LogP) is 2.96. The van der Waals surface area contributed by atoms with Crippen LogP contribution in [0.25, 0.3) is 5.52 Å². The molecule has 0 amide bonds. The number of ether oxygens (including phenoxy) is 1. The molecular weight excluding hydrogens is 238 g/mol. The standard InChI is InChI=1S/C15H23N3O/c1-10(2)15-17-13(9-16-11(3)4)14-8-12(19-5)6-7-18(14)15/h6-8,10-11,16H,9H2,1-5H3. The van der Waals surface area contributed by atoms with Gasteiger partial charge in [0.25, 0.3) is 0 Å². The van der Waals surface area contributed by atoms with E-state index in [9.17, 15) is 0 Å². The number of rotatable bonds is 5. The van der Waals surface area contributed by atoms with Crippen molar-refractivity contribution < 1.29 is 4.74 Å². The van der Waals surface area contributed by atoms with Crippen LogP contribution in [-0.4, -0.2) is 22.5 Å². The zero-order chi connectivity index (χ0) is 14.0. The average molecular weight is 261 g/mol. The number of methoxy groups -OCH3 is 1. The summed E-state index contributed by atoms with van der Waals surface area (Å²) >= 11 is 0. The highest BCUT2D eigenvalue weighted by atomic mass is 16.5. The maximum atomic E-state index is 5.31. The second-order valence-electron chi connectivity index (χ2n) is 5.43. The highest BCUT2D eigenvalue weighted by Crippen LogP contribution is 2.23. The Labute approximate surface area is 114 Å². The van der Waals surface area contributed by atoms with E-state index < -0.39 is 0 Å². The molecule has 0 aliphatic carbocycles. The summed E-state index contributed by atoms with van der Waals surface area (Å²) in [7, 11) is 1.69. The van der Waals surface area contributed by atoms with Gasteiger partial charge in [0.2, 0.25) is 0 Å². The quantitative estimate of drug-likeness (QED) is 0.899.